The summed E-state index contributed by atoms with van der Waals surface area (Å²) >= 11 is 4.95. The summed E-state index contributed by atoms with van der Waals surface area (Å²) < 4.78 is 32.2. The quantitative estimate of drug-likeness (QED) is 0.806. The third-order valence-corrected chi connectivity index (χ3v) is 2.98. The number of methoxy groups -OCH3 is 1. The molecule has 0 radical (unpaired) electrons. The highest BCUT2D eigenvalue weighted by Crippen LogP contribution is 2.30. The highest BCUT2D eigenvalue weighted by molar-refractivity contribution is 7.80. The number of halogens is 2. The lowest BCUT2D eigenvalue weighted by Gasteiger charge is -2.12. The molecule has 0 spiro atoms. The predicted octanol–water partition coefficient (Wildman–Crippen LogP) is 2.38. The van der Waals surface area contributed by atoms with Crippen molar-refractivity contribution < 1.29 is 13.5 Å². The predicted molar refractivity (Wildman–Crippen MR) is 60.9 cm³/mol. The molecule has 1 unspecified atom stereocenters. The molecular weight excluding hydrogens is 232 g/mol. The molecule has 1 fully saturated rings. The Bertz CT molecular complexity index is 413. The summed E-state index contributed by atoms with van der Waals surface area (Å²) in [5, 5.41) is 2.92. The van der Waals surface area contributed by atoms with Gasteiger partial charge in [-0.1, -0.05) is 12.2 Å². The monoisotopic (exact) mass is 243 g/mol. The molecule has 1 aromatic rings. The number of benzene rings is 1. The van der Waals surface area contributed by atoms with E-state index in [1.165, 1.54) is 19.2 Å². The van der Waals surface area contributed by atoms with Crippen molar-refractivity contribution in [1.82, 2.24) is 5.32 Å². The molecule has 1 aromatic carbocycles. The molecule has 2 rings (SSSR count). The summed E-state index contributed by atoms with van der Waals surface area (Å²) in [6.45, 7) is 0.485. The lowest BCUT2D eigenvalue weighted by molar-refractivity contribution is 0.404. The van der Waals surface area contributed by atoms with Gasteiger partial charge >= 0.3 is 0 Å². The van der Waals surface area contributed by atoms with Gasteiger partial charge in [0.2, 0.25) is 0 Å². The van der Waals surface area contributed by atoms with Crippen molar-refractivity contribution in [3.8, 4) is 5.75 Å². The first-order valence-corrected chi connectivity index (χ1v) is 5.32. The van der Waals surface area contributed by atoms with Gasteiger partial charge in [0.05, 0.1) is 12.1 Å². The zero-order chi connectivity index (χ0) is 11.7. The van der Waals surface area contributed by atoms with Crippen molar-refractivity contribution in [2.45, 2.75) is 12.3 Å². The molecule has 2 nitrogen and oxygen atoms in total. The first kappa shape index (κ1) is 11.3. The third kappa shape index (κ3) is 2.00. The van der Waals surface area contributed by atoms with Gasteiger partial charge in [0.15, 0.2) is 0 Å². The number of rotatable bonds is 2. The Morgan fingerprint density at radius 2 is 2.00 bits per heavy atom. The van der Waals surface area contributed by atoms with E-state index < -0.39 is 11.6 Å². The van der Waals surface area contributed by atoms with E-state index in [1.807, 2.05) is 0 Å². The summed E-state index contributed by atoms with van der Waals surface area (Å²) in [6.07, 6.45) is 0.496. The Kier molecular flexibility index (Phi) is 3.05. The zero-order valence-corrected chi connectivity index (χ0v) is 9.54. The second-order valence-electron chi connectivity index (χ2n) is 3.71. The SMILES string of the molecule is COc1cc(F)c(C2CNC(=S)C2)c(F)c1. The number of hydrogen-bond donors (Lipinski definition) is 1. The van der Waals surface area contributed by atoms with Crippen LogP contribution < -0.4 is 10.1 Å². The average Bonchev–Trinajstić information content (AvgIpc) is 2.63. The fourth-order valence-corrected chi connectivity index (χ4v) is 2.16. The van der Waals surface area contributed by atoms with Crippen LogP contribution in [0.5, 0.6) is 5.75 Å². The van der Waals surface area contributed by atoms with Gasteiger partial charge in [-0.05, 0) is 0 Å². The molecule has 0 amide bonds. The molecule has 0 saturated carbocycles. The number of ether oxygens (including phenoxy) is 1. The molecule has 0 aromatic heterocycles. The van der Waals surface area contributed by atoms with Crippen LogP contribution in [0.25, 0.3) is 0 Å². The average molecular weight is 243 g/mol. The summed E-state index contributed by atoms with van der Waals surface area (Å²) in [4.78, 5) is 0.652. The molecular formula is C11H11F2NOS. The van der Waals surface area contributed by atoms with Crippen molar-refractivity contribution in [2.24, 2.45) is 0 Å². The summed E-state index contributed by atoms with van der Waals surface area (Å²) in [7, 11) is 1.38. The van der Waals surface area contributed by atoms with Gasteiger partial charge in [0, 0.05) is 36.6 Å². The van der Waals surface area contributed by atoms with Crippen molar-refractivity contribution in [2.75, 3.05) is 13.7 Å². The van der Waals surface area contributed by atoms with Gasteiger partial charge in [-0.2, -0.15) is 0 Å². The first-order valence-electron chi connectivity index (χ1n) is 4.91. The van der Waals surface area contributed by atoms with E-state index in [0.717, 1.165) is 0 Å². The molecule has 1 heterocycles. The van der Waals surface area contributed by atoms with Gasteiger partial charge in [-0.3, -0.25) is 0 Å². The Labute approximate surface area is 97.6 Å². The first-order chi connectivity index (χ1) is 7.61. The van der Waals surface area contributed by atoms with Crippen LogP contribution in [0.4, 0.5) is 8.78 Å². The second kappa shape index (κ2) is 4.33. The van der Waals surface area contributed by atoms with Gasteiger partial charge < -0.3 is 10.1 Å². The molecule has 16 heavy (non-hydrogen) atoms. The van der Waals surface area contributed by atoms with E-state index >= 15 is 0 Å². The van der Waals surface area contributed by atoms with Crippen molar-refractivity contribution >= 4 is 17.2 Å². The number of hydrogen-bond acceptors (Lipinski definition) is 2. The summed E-state index contributed by atoms with van der Waals surface area (Å²) in [6, 6.07) is 2.39. The van der Waals surface area contributed by atoms with E-state index in [0.29, 0.717) is 18.0 Å². The smallest absolute Gasteiger partial charge is 0.133 e. The maximum Gasteiger partial charge on any atom is 0.133 e. The van der Waals surface area contributed by atoms with Crippen LogP contribution in [-0.4, -0.2) is 18.6 Å². The molecule has 1 saturated heterocycles. The highest BCUT2D eigenvalue weighted by Gasteiger charge is 2.26. The normalized spacial score (nSPS) is 19.7. The van der Waals surface area contributed by atoms with E-state index in [4.69, 9.17) is 17.0 Å². The Hall–Kier alpha value is -1.23. The van der Waals surface area contributed by atoms with E-state index in [9.17, 15) is 8.78 Å². The van der Waals surface area contributed by atoms with Crippen LogP contribution in [0.2, 0.25) is 0 Å². The summed E-state index contributed by atoms with van der Waals surface area (Å²) in [5.41, 5.74) is 0.0909. The lowest BCUT2D eigenvalue weighted by atomic mass is 9.97. The van der Waals surface area contributed by atoms with Crippen molar-refractivity contribution in [3.05, 3.63) is 29.3 Å². The lowest BCUT2D eigenvalue weighted by Crippen LogP contribution is -2.13. The van der Waals surface area contributed by atoms with Gasteiger partial charge in [0.1, 0.15) is 17.4 Å². The third-order valence-electron chi connectivity index (χ3n) is 2.67. The van der Waals surface area contributed by atoms with E-state index in [-0.39, 0.29) is 17.2 Å². The van der Waals surface area contributed by atoms with Crippen LogP contribution in [0, 0.1) is 11.6 Å². The largest absolute Gasteiger partial charge is 0.497 e. The molecule has 1 aliphatic heterocycles. The van der Waals surface area contributed by atoms with Crippen LogP contribution in [-0.2, 0) is 0 Å². The Balaban J connectivity index is 2.37. The standard InChI is InChI=1S/C11H11F2NOS/c1-15-7-3-8(12)11(9(13)4-7)6-2-10(16)14-5-6/h3-4,6H,2,5H2,1H3,(H,14,16). The number of thiocarbonyl (C=S) groups is 1. The maximum atomic E-state index is 13.7. The molecule has 1 atom stereocenters. The maximum absolute atomic E-state index is 13.7. The summed E-state index contributed by atoms with van der Waals surface area (Å²) in [5.74, 6) is -1.19. The Morgan fingerprint density at radius 3 is 2.44 bits per heavy atom. The molecule has 86 valence electrons. The molecule has 1 N–H and O–H groups in total. The molecule has 5 heteroatoms. The minimum Gasteiger partial charge on any atom is -0.497 e. The second-order valence-corrected chi connectivity index (χ2v) is 4.20. The highest BCUT2D eigenvalue weighted by atomic mass is 32.1. The minimum atomic E-state index is -0.576. The van der Waals surface area contributed by atoms with Gasteiger partial charge in [-0.15, -0.1) is 0 Å². The van der Waals surface area contributed by atoms with Crippen LogP contribution in [0.1, 0.15) is 17.9 Å². The molecule has 1 aliphatic rings. The van der Waals surface area contributed by atoms with Crippen molar-refractivity contribution in [3.63, 3.8) is 0 Å². The fraction of sp³-hybridized carbons (Fsp3) is 0.364. The Morgan fingerprint density at radius 1 is 1.38 bits per heavy atom. The van der Waals surface area contributed by atoms with Gasteiger partial charge in [0.25, 0.3) is 0 Å². The number of nitrogens with one attached hydrogen (secondary N) is 1. The van der Waals surface area contributed by atoms with E-state index in [1.54, 1.807) is 0 Å². The minimum absolute atomic E-state index is 0.0909. The van der Waals surface area contributed by atoms with Gasteiger partial charge in [-0.25, -0.2) is 8.78 Å². The van der Waals surface area contributed by atoms with Crippen LogP contribution >= 0.6 is 12.2 Å². The topological polar surface area (TPSA) is 21.3 Å². The van der Waals surface area contributed by atoms with E-state index in [2.05, 4.69) is 5.32 Å². The van der Waals surface area contributed by atoms with Crippen LogP contribution in [0.15, 0.2) is 12.1 Å². The fourth-order valence-electron chi connectivity index (χ4n) is 1.88. The van der Waals surface area contributed by atoms with Crippen LogP contribution in [0.3, 0.4) is 0 Å². The molecule has 0 aliphatic carbocycles. The zero-order valence-electron chi connectivity index (χ0n) is 8.72. The molecule has 0 bridgehead atoms. The van der Waals surface area contributed by atoms with Crippen molar-refractivity contribution in [1.29, 1.82) is 0 Å².